The number of methoxy groups -OCH3 is 2. The number of H-pyrrole nitrogens is 1. The standard InChI is InChI=1S/C20H20N4O4/c1-27-14-8-11(9-15(28-2)18(14)26)13-10-16(25)22-20-17(13)19(23-24-20)21-12-6-4-3-5-7-12/h3-9,13,26H,10H2,1-2H3,(H3,21,22,23,24,25). The summed E-state index contributed by atoms with van der Waals surface area (Å²) in [7, 11) is 2.94. The van der Waals surface area contributed by atoms with E-state index in [1.54, 1.807) is 12.1 Å². The van der Waals surface area contributed by atoms with Gasteiger partial charge in [-0.05, 0) is 29.8 Å². The van der Waals surface area contributed by atoms with Crippen LogP contribution in [0.25, 0.3) is 0 Å². The zero-order valence-electron chi connectivity index (χ0n) is 15.4. The molecule has 1 unspecified atom stereocenters. The summed E-state index contributed by atoms with van der Waals surface area (Å²) in [4.78, 5) is 12.3. The first kappa shape index (κ1) is 17.7. The molecule has 4 N–H and O–H groups in total. The Hall–Kier alpha value is -3.68. The van der Waals surface area contributed by atoms with Crippen LogP contribution in [0.5, 0.6) is 17.2 Å². The molecule has 2 heterocycles. The maximum atomic E-state index is 12.3. The van der Waals surface area contributed by atoms with E-state index in [-0.39, 0.29) is 35.5 Å². The van der Waals surface area contributed by atoms with E-state index in [1.165, 1.54) is 14.2 Å². The summed E-state index contributed by atoms with van der Waals surface area (Å²) >= 11 is 0. The number of phenolic OH excluding ortho intramolecular Hbond substituents is 1. The number of amides is 1. The number of aromatic amines is 1. The smallest absolute Gasteiger partial charge is 0.226 e. The largest absolute Gasteiger partial charge is 0.502 e. The number of phenols is 1. The van der Waals surface area contributed by atoms with Gasteiger partial charge in [-0.15, -0.1) is 0 Å². The van der Waals surface area contributed by atoms with Crippen LogP contribution in [-0.4, -0.2) is 35.4 Å². The molecule has 0 saturated heterocycles. The van der Waals surface area contributed by atoms with Gasteiger partial charge in [-0.1, -0.05) is 18.2 Å². The van der Waals surface area contributed by atoms with Crippen LogP contribution in [0.4, 0.5) is 17.3 Å². The summed E-state index contributed by atoms with van der Waals surface area (Å²) in [6.45, 7) is 0. The van der Waals surface area contributed by atoms with E-state index in [1.807, 2.05) is 30.3 Å². The first-order valence-electron chi connectivity index (χ1n) is 8.75. The lowest BCUT2D eigenvalue weighted by atomic mass is 9.86. The SMILES string of the molecule is COc1cc(C2CC(=O)Nc3n[nH]c(Nc4ccccc4)c32)cc(OC)c1O. The molecule has 1 aliphatic rings. The molecular weight excluding hydrogens is 360 g/mol. The maximum absolute atomic E-state index is 12.3. The second-order valence-corrected chi connectivity index (χ2v) is 6.43. The van der Waals surface area contributed by atoms with E-state index >= 15 is 0 Å². The fourth-order valence-corrected chi connectivity index (χ4v) is 3.42. The number of carbonyl (C=O) groups excluding carboxylic acids is 1. The summed E-state index contributed by atoms with van der Waals surface area (Å²) in [6.07, 6.45) is 0.229. The summed E-state index contributed by atoms with van der Waals surface area (Å²) in [5, 5.41) is 23.5. The molecule has 1 aliphatic heterocycles. The van der Waals surface area contributed by atoms with Crippen molar-refractivity contribution in [2.75, 3.05) is 24.9 Å². The number of nitrogens with one attached hydrogen (secondary N) is 3. The lowest BCUT2D eigenvalue weighted by molar-refractivity contribution is -0.116. The molecule has 1 amide bonds. The molecule has 28 heavy (non-hydrogen) atoms. The lowest BCUT2D eigenvalue weighted by Gasteiger charge is -2.24. The fourth-order valence-electron chi connectivity index (χ4n) is 3.42. The molecule has 8 heteroatoms. The number of benzene rings is 2. The number of aromatic hydroxyl groups is 1. The number of aromatic nitrogens is 2. The van der Waals surface area contributed by atoms with E-state index in [4.69, 9.17) is 9.47 Å². The van der Waals surface area contributed by atoms with Crippen molar-refractivity contribution in [1.82, 2.24) is 10.2 Å². The van der Waals surface area contributed by atoms with Crippen molar-refractivity contribution in [2.45, 2.75) is 12.3 Å². The number of hydrogen-bond donors (Lipinski definition) is 4. The Morgan fingerprint density at radius 1 is 1.14 bits per heavy atom. The summed E-state index contributed by atoms with van der Waals surface area (Å²) in [5.41, 5.74) is 2.50. The first-order chi connectivity index (χ1) is 13.6. The molecule has 0 radical (unpaired) electrons. The molecule has 4 rings (SSSR count). The minimum Gasteiger partial charge on any atom is -0.502 e. The Bertz CT molecular complexity index is 991. The Labute approximate surface area is 161 Å². The maximum Gasteiger partial charge on any atom is 0.226 e. The van der Waals surface area contributed by atoms with Gasteiger partial charge in [0.05, 0.1) is 14.2 Å². The third-order valence-corrected chi connectivity index (χ3v) is 4.75. The second-order valence-electron chi connectivity index (χ2n) is 6.43. The Morgan fingerprint density at radius 3 is 2.46 bits per heavy atom. The molecule has 1 aromatic heterocycles. The van der Waals surface area contributed by atoms with Crippen LogP contribution in [-0.2, 0) is 4.79 Å². The van der Waals surface area contributed by atoms with Gasteiger partial charge >= 0.3 is 0 Å². The van der Waals surface area contributed by atoms with Gasteiger partial charge in [-0.3, -0.25) is 9.89 Å². The van der Waals surface area contributed by atoms with Crippen molar-refractivity contribution in [3.63, 3.8) is 0 Å². The minimum atomic E-state index is -0.294. The van der Waals surface area contributed by atoms with Crippen LogP contribution in [0, 0.1) is 0 Å². The normalized spacial score (nSPS) is 15.5. The number of rotatable bonds is 5. The molecule has 0 bridgehead atoms. The predicted octanol–water partition coefficient (Wildman–Crippen LogP) is 3.35. The number of nitrogens with zero attached hydrogens (tertiary/aromatic N) is 1. The Morgan fingerprint density at radius 2 is 1.82 bits per heavy atom. The number of para-hydroxylation sites is 1. The highest BCUT2D eigenvalue weighted by Gasteiger charge is 2.33. The van der Waals surface area contributed by atoms with Crippen LogP contribution in [0.2, 0.25) is 0 Å². The zero-order valence-corrected chi connectivity index (χ0v) is 15.4. The Kier molecular flexibility index (Phi) is 4.52. The quantitative estimate of drug-likeness (QED) is 0.541. The van der Waals surface area contributed by atoms with E-state index < -0.39 is 0 Å². The van der Waals surface area contributed by atoms with Crippen LogP contribution in [0.1, 0.15) is 23.5 Å². The average molecular weight is 380 g/mol. The van der Waals surface area contributed by atoms with Gasteiger partial charge in [0.1, 0.15) is 5.82 Å². The van der Waals surface area contributed by atoms with Crippen LogP contribution in [0.15, 0.2) is 42.5 Å². The van der Waals surface area contributed by atoms with Crippen molar-refractivity contribution in [3.8, 4) is 17.2 Å². The van der Waals surface area contributed by atoms with Crippen LogP contribution < -0.4 is 20.1 Å². The fraction of sp³-hybridized carbons (Fsp3) is 0.200. The van der Waals surface area contributed by atoms with Crippen LogP contribution in [0.3, 0.4) is 0 Å². The highest BCUT2D eigenvalue weighted by Crippen LogP contribution is 2.45. The third kappa shape index (κ3) is 3.09. The number of ether oxygens (including phenoxy) is 2. The molecule has 144 valence electrons. The van der Waals surface area contributed by atoms with Gasteiger partial charge in [-0.25, -0.2) is 0 Å². The number of anilines is 3. The van der Waals surface area contributed by atoms with Gasteiger partial charge in [0.25, 0.3) is 0 Å². The summed E-state index contributed by atoms with van der Waals surface area (Å²) < 4.78 is 10.5. The van der Waals surface area contributed by atoms with Gasteiger partial charge in [0.15, 0.2) is 17.3 Å². The molecule has 0 saturated carbocycles. The van der Waals surface area contributed by atoms with E-state index in [2.05, 4.69) is 20.8 Å². The average Bonchev–Trinajstić information content (AvgIpc) is 3.10. The molecule has 8 nitrogen and oxygen atoms in total. The highest BCUT2D eigenvalue weighted by molar-refractivity contribution is 5.95. The van der Waals surface area contributed by atoms with Crippen LogP contribution >= 0.6 is 0 Å². The van der Waals surface area contributed by atoms with Crippen molar-refractivity contribution in [3.05, 3.63) is 53.6 Å². The number of hydrogen-bond acceptors (Lipinski definition) is 6. The van der Waals surface area contributed by atoms with E-state index in [9.17, 15) is 9.90 Å². The molecule has 0 fully saturated rings. The molecular formula is C20H20N4O4. The molecule has 1 atom stereocenters. The van der Waals surface area contributed by atoms with Crippen molar-refractivity contribution >= 4 is 23.2 Å². The van der Waals surface area contributed by atoms with Gasteiger partial charge in [0, 0.05) is 23.6 Å². The van der Waals surface area contributed by atoms with Gasteiger partial charge < -0.3 is 25.2 Å². The predicted molar refractivity (Wildman–Crippen MR) is 105 cm³/mol. The highest BCUT2D eigenvalue weighted by atomic mass is 16.5. The van der Waals surface area contributed by atoms with Crippen molar-refractivity contribution in [1.29, 1.82) is 0 Å². The van der Waals surface area contributed by atoms with Gasteiger partial charge in [0.2, 0.25) is 11.7 Å². The lowest BCUT2D eigenvalue weighted by Crippen LogP contribution is -2.23. The molecule has 3 aromatic rings. The minimum absolute atomic E-state index is 0.0796. The monoisotopic (exact) mass is 380 g/mol. The molecule has 2 aromatic carbocycles. The van der Waals surface area contributed by atoms with E-state index in [0.29, 0.717) is 11.6 Å². The van der Waals surface area contributed by atoms with Crippen molar-refractivity contribution in [2.24, 2.45) is 0 Å². The van der Waals surface area contributed by atoms with E-state index in [0.717, 1.165) is 16.8 Å². The molecule has 0 spiro atoms. The second kappa shape index (κ2) is 7.15. The number of carbonyl (C=O) groups is 1. The zero-order chi connectivity index (χ0) is 19.7. The number of fused-ring (bicyclic) bond motifs is 1. The van der Waals surface area contributed by atoms with Crippen molar-refractivity contribution < 1.29 is 19.4 Å². The summed E-state index contributed by atoms with van der Waals surface area (Å²) in [5.74, 6) is 1.22. The Balaban J connectivity index is 1.80. The topological polar surface area (TPSA) is 108 Å². The first-order valence-corrected chi connectivity index (χ1v) is 8.75. The van der Waals surface area contributed by atoms with Gasteiger partial charge in [-0.2, -0.15) is 5.10 Å². The summed E-state index contributed by atoms with van der Waals surface area (Å²) in [6, 6.07) is 13.1. The molecule has 0 aliphatic carbocycles. The third-order valence-electron chi connectivity index (χ3n) is 4.75.